The molecule has 0 aromatic heterocycles. The molecule has 16 heavy (non-hydrogen) atoms. The normalized spacial score (nSPS) is 17.4. The molecule has 0 unspecified atom stereocenters. The van der Waals surface area contributed by atoms with Gasteiger partial charge in [-0.3, -0.25) is 0 Å². The van der Waals surface area contributed by atoms with Crippen molar-refractivity contribution in [2.45, 2.75) is 32.4 Å². The second kappa shape index (κ2) is 5.05. The summed E-state index contributed by atoms with van der Waals surface area (Å²) in [5.41, 5.74) is 4.82. The summed E-state index contributed by atoms with van der Waals surface area (Å²) in [7, 11) is 0. The summed E-state index contributed by atoms with van der Waals surface area (Å²) in [6.45, 7) is 4.36. The van der Waals surface area contributed by atoms with Gasteiger partial charge in [0.25, 0.3) is 0 Å². The van der Waals surface area contributed by atoms with Crippen LogP contribution in [0.1, 0.15) is 29.5 Å². The SMILES string of the molecule is Cc1cc(C)cc(CSCC2(CS)CC2)c1. The summed E-state index contributed by atoms with van der Waals surface area (Å²) in [4.78, 5) is 0. The topological polar surface area (TPSA) is 0 Å². The van der Waals surface area contributed by atoms with Crippen molar-refractivity contribution >= 4 is 24.4 Å². The van der Waals surface area contributed by atoms with Gasteiger partial charge in [-0.05, 0) is 43.4 Å². The Morgan fingerprint density at radius 3 is 2.31 bits per heavy atom. The van der Waals surface area contributed by atoms with Gasteiger partial charge in [0.2, 0.25) is 0 Å². The monoisotopic (exact) mass is 252 g/mol. The van der Waals surface area contributed by atoms with Crippen LogP contribution in [0.5, 0.6) is 0 Å². The van der Waals surface area contributed by atoms with Crippen LogP contribution in [0.2, 0.25) is 0 Å². The molecule has 0 bridgehead atoms. The zero-order chi connectivity index (χ0) is 11.6. The number of rotatable bonds is 5. The maximum absolute atomic E-state index is 4.44. The molecule has 1 aliphatic carbocycles. The summed E-state index contributed by atoms with van der Waals surface area (Å²) >= 11 is 6.51. The summed E-state index contributed by atoms with van der Waals surface area (Å²) in [6, 6.07) is 6.85. The molecule has 0 radical (unpaired) electrons. The smallest absolute Gasteiger partial charge is 0.0184 e. The van der Waals surface area contributed by atoms with E-state index in [1.54, 1.807) is 0 Å². The first kappa shape index (κ1) is 12.4. The van der Waals surface area contributed by atoms with Crippen LogP contribution >= 0.6 is 24.4 Å². The van der Waals surface area contributed by atoms with Crippen molar-refractivity contribution in [1.29, 1.82) is 0 Å². The average molecular weight is 252 g/mol. The van der Waals surface area contributed by atoms with Gasteiger partial charge in [-0.15, -0.1) is 0 Å². The van der Waals surface area contributed by atoms with Crippen molar-refractivity contribution in [1.82, 2.24) is 0 Å². The molecular weight excluding hydrogens is 232 g/mol. The Morgan fingerprint density at radius 2 is 1.81 bits per heavy atom. The van der Waals surface area contributed by atoms with Gasteiger partial charge in [-0.1, -0.05) is 29.3 Å². The molecule has 1 fully saturated rings. The van der Waals surface area contributed by atoms with E-state index in [4.69, 9.17) is 0 Å². The van der Waals surface area contributed by atoms with Gasteiger partial charge in [-0.25, -0.2) is 0 Å². The Bertz CT molecular complexity index is 347. The molecule has 1 aromatic carbocycles. The molecule has 88 valence electrons. The fraction of sp³-hybridized carbons (Fsp3) is 0.571. The Balaban J connectivity index is 1.85. The average Bonchev–Trinajstić information content (AvgIpc) is 2.97. The Morgan fingerprint density at radius 1 is 1.19 bits per heavy atom. The highest BCUT2D eigenvalue weighted by Gasteiger charge is 2.40. The zero-order valence-electron chi connectivity index (χ0n) is 10.1. The Labute approximate surface area is 109 Å². The second-order valence-corrected chi connectivity index (χ2v) is 6.45. The molecule has 0 heterocycles. The van der Waals surface area contributed by atoms with Crippen LogP contribution in [0.3, 0.4) is 0 Å². The molecule has 2 heteroatoms. The van der Waals surface area contributed by atoms with E-state index in [-0.39, 0.29) is 0 Å². The van der Waals surface area contributed by atoms with Crippen LogP contribution in [0.15, 0.2) is 18.2 Å². The fourth-order valence-electron chi connectivity index (χ4n) is 2.06. The van der Waals surface area contributed by atoms with Crippen molar-refractivity contribution in [3.63, 3.8) is 0 Å². The number of hydrogen-bond acceptors (Lipinski definition) is 2. The van der Waals surface area contributed by atoms with Crippen molar-refractivity contribution in [2.75, 3.05) is 11.5 Å². The predicted octanol–water partition coefficient (Wildman–Crippen LogP) is 4.25. The van der Waals surface area contributed by atoms with E-state index in [9.17, 15) is 0 Å². The number of thiol groups is 1. The molecule has 1 aromatic rings. The van der Waals surface area contributed by atoms with Crippen molar-refractivity contribution in [2.24, 2.45) is 5.41 Å². The van der Waals surface area contributed by atoms with Gasteiger partial charge >= 0.3 is 0 Å². The highest BCUT2D eigenvalue weighted by atomic mass is 32.2. The Hall–Kier alpha value is -0.0800. The molecule has 0 atom stereocenters. The second-order valence-electron chi connectivity index (χ2n) is 5.15. The summed E-state index contributed by atoms with van der Waals surface area (Å²) in [5.74, 6) is 3.49. The number of thioether (sulfide) groups is 1. The van der Waals surface area contributed by atoms with Gasteiger partial charge in [0.15, 0.2) is 0 Å². The number of hydrogen-bond donors (Lipinski definition) is 1. The van der Waals surface area contributed by atoms with Gasteiger partial charge in [0, 0.05) is 11.5 Å². The van der Waals surface area contributed by atoms with E-state index in [0.29, 0.717) is 5.41 Å². The minimum atomic E-state index is 0.590. The summed E-state index contributed by atoms with van der Waals surface area (Å²) in [5, 5.41) is 0. The lowest BCUT2D eigenvalue weighted by Crippen LogP contribution is -2.05. The summed E-state index contributed by atoms with van der Waals surface area (Å²) in [6.07, 6.45) is 2.77. The first-order valence-corrected chi connectivity index (χ1v) is 7.68. The van der Waals surface area contributed by atoms with Gasteiger partial charge in [0.05, 0.1) is 0 Å². The predicted molar refractivity (Wildman–Crippen MR) is 77.6 cm³/mol. The van der Waals surface area contributed by atoms with E-state index in [2.05, 4.69) is 56.4 Å². The first-order valence-electron chi connectivity index (χ1n) is 5.89. The summed E-state index contributed by atoms with van der Waals surface area (Å²) < 4.78 is 0. The molecule has 1 aliphatic rings. The first-order chi connectivity index (χ1) is 7.63. The third-order valence-corrected chi connectivity index (χ3v) is 5.28. The highest BCUT2D eigenvalue weighted by molar-refractivity contribution is 7.98. The molecule has 2 rings (SSSR count). The molecule has 0 saturated heterocycles. The van der Waals surface area contributed by atoms with Crippen molar-refractivity contribution < 1.29 is 0 Å². The van der Waals surface area contributed by atoms with Crippen LogP contribution in [0.25, 0.3) is 0 Å². The maximum atomic E-state index is 4.44. The van der Waals surface area contributed by atoms with E-state index in [1.807, 2.05) is 0 Å². The van der Waals surface area contributed by atoms with Crippen molar-refractivity contribution in [3.05, 3.63) is 34.9 Å². The minimum Gasteiger partial charge on any atom is -0.179 e. The molecule has 1 saturated carbocycles. The van der Waals surface area contributed by atoms with Crippen LogP contribution < -0.4 is 0 Å². The Kier molecular flexibility index (Phi) is 3.91. The third kappa shape index (κ3) is 3.21. The van der Waals surface area contributed by atoms with Crippen LogP contribution in [0.4, 0.5) is 0 Å². The zero-order valence-corrected chi connectivity index (χ0v) is 11.8. The van der Waals surface area contributed by atoms with Crippen LogP contribution in [-0.4, -0.2) is 11.5 Å². The largest absolute Gasteiger partial charge is 0.179 e. The van der Waals surface area contributed by atoms with Gasteiger partial charge < -0.3 is 0 Å². The molecular formula is C14H20S2. The molecule has 0 nitrogen and oxygen atoms in total. The minimum absolute atomic E-state index is 0.590. The number of aryl methyl sites for hydroxylation is 2. The lowest BCUT2D eigenvalue weighted by molar-refractivity contribution is 0.683. The van der Waals surface area contributed by atoms with E-state index in [0.717, 1.165) is 11.5 Å². The lowest BCUT2D eigenvalue weighted by atomic mass is 10.1. The van der Waals surface area contributed by atoms with Crippen LogP contribution in [0, 0.1) is 19.3 Å². The fourth-order valence-corrected chi connectivity index (χ4v) is 3.97. The van der Waals surface area contributed by atoms with E-state index >= 15 is 0 Å². The third-order valence-electron chi connectivity index (χ3n) is 3.25. The molecule has 0 spiro atoms. The molecule has 0 aliphatic heterocycles. The number of benzene rings is 1. The van der Waals surface area contributed by atoms with Gasteiger partial charge in [0.1, 0.15) is 0 Å². The quantitative estimate of drug-likeness (QED) is 0.765. The standard InChI is InChI=1S/C14H20S2/c1-11-5-12(2)7-13(6-11)8-16-10-14(9-15)3-4-14/h5-7,15H,3-4,8-10H2,1-2H3. The van der Waals surface area contributed by atoms with Crippen LogP contribution in [-0.2, 0) is 5.75 Å². The van der Waals surface area contributed by atoms with E-state index in [1.165, 1.54) is 35.3 Å². The van der Waals surface area contributed by atoms with Crippen molar-refractivity contribution in [3.8, 4) is 0 Å². The maximum Gasteiger partial charge on any atom is 0.0184 e. The van der Waals surface area contributed by atoms with E-state index < -0.39 is 0 Å². The van der Waals surface area contributed by atoms with Gasteiger partial charge in [-0.2, -0.15) is 24.4 Å². The molecule has 0 amide bonds. The highest BCUT2D eigenvalue weighted by Crippen LogP contribution is 2.49. The molecule has 0 N–H and O–H groups in total. The lowest BCUT2D eigenvalue weighted by Gasteiger charge is -2.11.